The van der Waals surface area contributed by atoms with Gasteiger partial charge in [0.2, 0.25) is 5.91 Å². The van der Waals surface area contributed by atoms with Crippen LogP contribution >= 0.6 is 11.6 Å². The van der Waals surface area contributed by atoms with Gasteiger partial charge in [0.15, 0.2) is 0 Å². The third-order valence-electron chi connectivity index (χ3n) is 3.78. The maximum absolute atomic E-state index is 12.0. The van der Waals surface area contributed by atoms with Gasteiger partial charge in [-0.15, -0.1) is 0 Å². The van der Waals surface area contributed by atoms with E-state index in [2.05, 4.69) is 5.32 Å². The number of rotatable bonds is 1. The van der Waals surface area contributed by atoms with E-state index in [1.165, 1.54) is 0 Å². The molecule has 2 aliphatic rings. The number of nitrogens with one attached hydrogen (secondary N) is 1. The first-order valence-corrected chi connectivity index (χ1v) is 5.70. The molecule has 3 rings (SSSR count). The normalized spacial score (nSPS) is 29.1. The first kappa shape index (κ1) is 10.6. The predicted octanol–water partition coefficient (Wildman–Crippen LogP) is 1.94. The minimum atomic E-state index is -0.916. The van der Waals surface area contributed by atoms with E-state index in [1.807, 2.05) is 6.92 Å². The summed E-state index contributed by atoms with van der Waals surface area (Å²) in [6, 6.07) is 3.47. The van der Waals surface area contributed by atoms with Crippen LogP contribution in [0.1, 0.15) is 17.5 Å². The summed E-state index contributed by atoms with van der Waals surface area (Å²) in [5, 5.41) is 12.4. The van der Waals surface area contributed by atoms with E-state index >= 15 is 0 Å². The molecular formula is C12H10ClNO3. The van der Waals surface area contributed by atoms with Gasteiger partial charge in [0.25, 0.3) is 0 Å². The maximum Gasteiger partial charge on any atom is 0.307 e. The highest BCUT2D eigenvalue weighted by molar-refractivity contribution is 6.32. The summed E-state index contributed by atoms with van der Waals surface area (Å²) in [6.07, 6.45) is 0.377. The zero-order chi connectivity index (χ0) is 12.4. The molecule has 2 atom stereocenters. The van der Waals surface area contributed by atoms with Gasteiger partial charge in [-0.3, -0.25) is 9.59 Å². The summed E-state index contributed by atoms with van der Waals surface area (Å²) in [4.78, 5) is 23.0. The van der Waals surface area contributed by atoms with Gasteiger partial charge in [0, 0.05) is 10.7 Å². The lowest BCUT2D eigenvalue weighted by atomic mass is 9.93. The Morgan fingerprint density at radius 2 is 2.29 bits per heavy atom. The average molecular weight is 252 g/mol. The first-order chi connectivity index (χ1) is 7.98. The summed E-state index contributed by atoms with van der Waals surface area (Å²) >= 11 is 5.98. The second-order valence-electron chi connectivity index (χ2n) is 4.62. The van der Waals surface area contributed by atoms with Crippen LogP contribution in [-0.4, -0.2) is 17.0 Å². The van der Waals surface area contributed by atoms with Crippen LogP contribution in [0.2, 0.25) is 5.02 Å². The Balaban J connectivity index is 2.17. The molecule has 0 saturated heterocycles. The molecule has 17 heavy (non-hydrogen) atoms. The number of carbonyl (C=O) groups is 2. The van der Waals surface area contributed by atoms with E-state index in [9.17, 15) is 9.59 Å². The van der Waals surface area contributed by atoms with Gasteiger partial charge in [0.1, 0.15) is 0 Å². The molecule has 0 aromatic heterocycles. The summed E-state index contributed by atoms with van der Waals surface area (Å²) in [7, 11) is 0. The van der Waals surface area contributed by atoms with Crippen molar-refractivity contribution in [3.05, 3.63) is 28.3 Å². The quantitative estimate of drug-likeness (QED) is 0.802. The molecule has 4 nitrogen and oxygen atoms in total. The molecule has 1 aliphatic heterocycles. The van der Waals surface area contributed by atoms with E-state index < -0.39 is 17.3 Å². The molecule has 1 aromatic rings. The van der Waals surface area contributed by atoms with Crippen molar-refractivity contribution in [1.82, 2.24) is 0 Å². The summed E-state index contributed by atoms with van der Waals surface area (Å²) in [5.41, 5.74) is 1.41. The minimum absolute atomic E-state index is 0.217. The maximum atomic E-state index is 12.0. The number of amides is 1. The smallest absolute Gasteiger partial charge is 0.307 e. The standard InChI is InChI=1S/C12H10ClNO3/c1-5-8(13)3-2-6-9(5)14-11(17)12(6)4-7(12)10(15)16/h2-3,7H,4H2,1H3,(H,14,17)(H,15,16). The van der Waals surface area contributed by atoms with Crippen molar-refractivity contribution in [2.24, 2.45) is 5.92 Å². The molecule has 1 heterocycles. The molecule has 1 aliphatic carbocycles. The van der Waals surface area contributed by atoms with Crippen LogP contribution in [0, 0.1) is 12.8 Å². The van der Waals surface area contributed by atoms with Crippen molar-refractivity contribution >= 4 is 29.2 Å². The predicted molar refractivity (Wildman–Crippen MR) is 62.2 cm³/mol. The Hall–Kier alpha value is -1.55. The number of halogens is 1. The number of anilines is 1. The fourth-order valence-electron chi connectivity index (χ4n) is 2.68. The van der Waals surface area contributed by atoms with E-state index in [0.717, 1.165) is 11.1 Å². The monoisotopic (exact) mass is 251 g/mol. The Bertz CT molecular complexity index is 569. The van der Waals surface area contributed by atoms with E-state index in [-0.39, 0.29) is 5.91 Å². The molecule has 2 unspecified atom stereocenters. The Morgan fingerprint density at radius 1 is 1.59 bits per heavy atom. The Kier molecular flexibility index (Phi) is 1.88. The van der Waals surface area contributed by atoms with E-state index in [4.69, 9.17) is 16.7 Å². The number of benzene rings is 1. The number of hydrogen-bond acceptors (Lipinski definition) is 2. The summed E-state index contributed by atoms with van der Waals surface area (Å²) < 4.78 is 0. The van der Waals surface area contributed by atoms with Gasteiger partial charge in [-0.1, -0.05) is 17.7 Å². The van der Waals surface area contributed by atoms with Gasteiger partial charge >= 0.3 is 5.97 Å². The number of hydrogen-bond donors (Lipinski definition) is 2. The number of fused-ring (bicyclic) bond motifs is 2. The molecule has 2 N–H and O–H groups in total. The highest BCUT2D eigenvalue weighted by Crippen LogP contribution is 2.60. The molecule has 5 heteroatoms. The molecular weight excluding hydrogens is 242 g/mol. The van der Waals surface area contributed by atoms with Gasteiger partial charge in [-0.25, -0.2) is 0 Å². The van der Waals surface area contributed by atoms with E-state index in [0.29, 0.717) is 17.1 Å². The van der Waals surface area contributed by atoms with Gasteiger partial charge < -0.3 is 10.4 Å². The molecule has 1 aromatic carbocycles. The van der Waals surface area contributed by atoms with Crippen molar-refractivity contribution in [3.8, 4) is 0 Å². The summed E-state index contributed by atoms with van der Waals surface area (Å²) in [6.45, 7) is 1.82. The lowest BCUT2D eigenvalue weighted by Crippen LogP contribution is -2.24. The third kappa shape index (κ3) is 1.13. The molecule has 1 saturated carbocycles. The first-order valence-electron chi connectivity index (χ1n) is 5.32. The number of carbonyl (C=O) groups excluding carboxylic acids is 1. The van der Waals surface area contributed by atoms with Crippen molar-refractivity contribution in [3.63, 3.8) is 0 Å². The van der Waals surface area contributed by atoms with Crippen LogP contribution in [-0.2, 0) is 15.0 Å². The number of carboxylic acid groups (broad SMARTS) is 1. The minimum Gasteiger partial charge on any atom is -0.481 e. The second kappa shape index (κ2) is 3.01. The average Bonchev–Trinajstić information content (AvgIpc) is 2.94. The van der Waals surface area contributed by atoms with Crippen molar-refractivity contribution in [1.29, 1.82) is 0 Å². The topological polar surface area (TPSA) is 66.4 Å². The molecule has 1 spiro atoms. The zero-order valence-electron chi connectivity index (χ0n) is 9.08. The van der Waals surface area contributed by atoms with Crippen LogP contribution in [0.15, 0.2) is 12.1 Å². The van der Waals surface area contributed by atoms with Crippen LogP contribution in [0.25, 0.3) is 0 Å². The van der Waals surface area contributed by atoms with Crippen molar-refractivity contribution in [2.45, 2.75) is 18.8 Å². The van der Waals surface area contributed by atoms with Crippen molar-refractivity contribution < 1.29 is 14.7 Å². The van der Waals surface area contributed by atoms with Crippen LogP contribution < -0.4 is 5.32 Å². The van der Waals surface area contributed by atoms with Crippen LogP contribution in [0.4, 0.5) is 5.69 Å². The van der Waals surface area contributed by atoms with Crippen molar-refractivity contribution in [2.75, 3.05) is 5.32 Å². The fourth-order valence-corrected chi connectivity index (χ4v) is 2.83. The van der Waals surface area contributed by atoms with Crippen LogP contribution in [0.3, 0.4) is 0 Å². The van der Waals surface area contributed by atoms with E-state index in [1.54, 1.807) is 12.1 Å². The Morgan fingerprint density at radius 3 is 2.88 bits per heavy atom. The Labute approximate surface area is 103 Å². The SMILES string of the molecule is Cc1c(Cl)ccc2c1NC(=O)C21CC1C(=O)O. The highest BCUT2D eigenvalue weighted by Gasteiger charge is 2.68. The molecule has 1 amide bonds. The zero-order valence-corrected chi connectivity index (χ0v) is 9.84. The molecule has 0 radical (unpaired) electrons. The number of aliphatic carboxylic acids is 1. The van der Waals surface area contributed by atoms with Crippen LogP contribution in [0.5, 0.6) is 0 Å². The lowest BCUT2D eigenvalue weighted by Gasteiger charge is -2.08. The number of carboxylic acids is 1. The lowest BCUT2D eigenvalue weighted by molar-refractivity contribution is -0.140. The summed E-state index contributed by atoms with van der Waals surface area (Å²) in [5.74, 6) is -1.74. The fraction of sp³-hybridized carbons (Fsp3) is 0.333. The third-order valence-corrected chi connectivity index (χ3v) is 4.19. The molecule has 0 bridgehead atoms. The van der Waals surface area contributed by atoms with Gasteiger partial charge in [-0.2, -0.15) is 0 Å². The van der Waals surface area contributed by atoms with Gasteiger partial charge in [0.05, 0.1) is 11.3 Å². The van der Waals surface area contributed by atoms with Gasteiger partial charge in [-0.05, 0) is 30.5 Å². The molecule has 1 fully saturated rings. The highest BCUT2D eigenvalue weighted by atomic mass is 35.5. The molecule has 88 valence electrons. The largest absolute Gasteiger partial charge is 0.481 e. The second-order valence-corrected chi connectivity index (χ2v) is 5.02.